The average molecular weight is 369 g/mol. The Bertz CT molecular complexity index is 718. The predicted octanol–water partition coefficient (Wildman–Crippen LogP) is 0.738. The fourth-order valence-electron chi connectivity index (χ4n) is 2.49. The molecule has 10 nitrogen and oxygen atoms in total. The van der Waals surface area contributed by atoms with Gasteiger partial charge in [0, 0.05) is 32.8 Å². The summed E-state index contributed by atoms with van der Waals surface area (Å²) in [7, 11) is 1.54. The maximum absolute atomic E-state index is 12.9. The van der Waals surface area contributed by atoms with Crippen molar-refractivity contribution in [1.82, 2.24) is 9.58 Å². The van der Waals surface area contributed by atoms with Gasteiger partial charge in [0.2, 0.25) is 17.5 Å². The molecule has 0 bridgehead atoms. The molecule has 1 amide bonds. The quantitative estimate of drug-likeness (QED) is 0.554. The van der Waals surface area contributed by atoms with Crippen LogP contribution < -0.4 is 15.6 Å². The van der Waals surface area contributed by atoms with E-state index in [1.807, 2.05) is 6.92 Å². The number of amides is 1. The van der Waals surface area contributed by atoms with Gasteiger partial charge in [0.25, 0.3) is 5.91 Å². The van der Waals surface area contributed by atoms with Gasteiger partial charge in [-0.05, 0) is 13.8 Å². The molecule has 1 aromatic rings. The predicted molar refractivity (Wildman–Crippen MR) is 90.6 cm³/mol. The molecule has 144 valence electrons. The maximum atomic E-state index is 12.9. The number of ether oxygens (including phenoxy) is 4. The SMILES string of the molecule is CCOC(=O)OC(C)Oc1c2n(ccc1=O)N[C@H](C)N(CCOC)C2=O. The summed E-state index contributed by atoms with van der Waals surface area (Å²) in [6.07, 6.45) is -0.907. The van der Waals surface area contributed by atoms with Gasteiger partial charge < -0.3 is 29.3 Å². The molecule has 2 rings (SSSR count). The van der Waals surface area contributed by atoms with Gasteiger partial charge >= 0.3 is 6.16 Å². The lowest BCUT2D eigenvalue weighted by atomic mass is 10.2. The lowest BCUT2D eigenvalue weighted by molar-refractivity contribution is -0.0530. The smallest absolute Gasteiger partial charge is 0.448 e. The molecule has 1 unspecified atom stereocenters. The Balaban J connectivity index is 2.29. The number of hydrogen-bond donors (Lipinski definition) is 1. The van der Waals surface area contributed by atoms with Crippen LogP contribution >= 0.6 is 0 Å². The lowest BCUT2D eigenvalue weighted by Gasteiger charge is -2.37. The minimum atomic E-state index is -1.12. The molecular formula is C16H23N3O7. The van der Waals surface area contributed by atoms with Crippen LogP contribution in [0.25, 0.3) is 0 Å². The third kappa shape index (κ3) is 4.26. The van der Waals surface area contributed by atoms with Gasteiger partial charge in [-0.15, -0.1) is 0 Å². The summed E-state index contributed by atoms with van der Waals surface area (Å²) in [6, 6.07) is 1.26. The van der Waals surface area contributed by atoms with Crippen molar-refractivity contribution in [3.8, 4) is 5.75 Å². The van der Waals surface area contributed by atoms with E-state index in [9.17, 15) is 14.4 Å². The molecule has 2 atom stereocenters. The first kappa shape index (κ1) is 19.6. The first-order valence-corrected chi connectivity index (χ1v) is 8.21. The largest absolute Gasteiger partial charge is 0.511 e. The minimum Gasteiger partial charge on any atom is -0.448 e. The Morgan fingerprint density at radius 1 is 1.38 bits per heavy atom. The number of pyridine rings is 1. The van der Waals surface area contributed by atoms with Crippen molar-refractivity contribution in [2.45, 2.75) is 33.2 Å². The molecule has 1 aliphatic rings. The molecule has 10 heteroatoms. The first-order valence-electron chi connectivity index (χ1n) is 8.21. The summed E-state index contributed by atoms with van der Waals surface area (Å²) in [5.41, 5.74) is 2.58. The molecule has 0 aromatic carbocycles. The third-order valence-corrected chi connectivity index (χ3v) is 3.66. The first-order chi connectivity index (χ1) is 12.4. The van der Waals surface area contributed by atoms with Crippen LogP contribution in [0.2, 0.25) is 0 Å². The summed E-state index contributed by atoms with van der Waals surface area (Å²) in [5, 5.41) is 0. The van der Waals surface area contributed by atoms with Gasteiger partial charge in [-0.25, -0.2) is 4.79 Å². The summed E-state index contributed by atoms with van der Waals surface area (Å²) in [5.74, 6) is -0.611. The van der Waals surface area contributed by atoms with E-state index < -0.39 is 23.8 Å². The highest BCUT2D eigenvalue weighted by Gasteiger charge is 2.33. The summed E-state index contributed by atoms with van der Waals surface area (Å²) < 4.78 is 21.4. The van der Waals surface area contributed by atoms with Crippen LogP contribution in [0.3, 0.4) is 0 Å². The van der Waals surface area contributed by atoms with Crippen LogP contribution in [-0.4, -0.2) is 61.0 Å². The number of hydrogen-bond acceptors (Lipinski definition) is 8. The number of aromatic nitrogens is 1. The standard InChI is InChI=1S/C16H23N3O7/c1-5-24-16(22)26-11(3)25-14-12(20)6-7-19-13(14)15(21)18(8-9-23-4)10(2)17-19/h6-7,10-11,17H,5,8-9H2,1-4H3/t10-,11?/m0/s1. The molecule has 1 aliphatic heterocycles. The van der Waals surface area contributed by atoms with Crippen LogP contribution in [-0.2, 0) is 14.2 Å². The van der Waals surface area contributed by atoms with Crippen LogP contribution in [0.1, 0.15) is 31.3 Å². The molecule has 0 saturated carbocycles. The average Bonchev–Trinajstić information content (AvgIpc) is 2.57. The normalized spacial score (nSPS) is 17.2. The second-order valence-electron chi connectivity index (χ2n) is 5.51. The zero-order chi connectivity index (χ0) is 19.3. The van der Waals surface area contributed by atoms with Gasteiger partial charge in [0.1, 0.15) is 6.17 Å². The molecule has 26 heavy (non-hydrogen) atoms. The fraction of sp³-hybridized carbons (Fsp3) is 0.562. The van der Waals surface area contributed by atoms with E-state index >= 15 is 0 Å². The molecule has 0 radical (unpaired) electrons. The second-order valence-corrected chi connectivity index (χ2v) is 5.51. The highest BCUT2D eigenvalue weighted by atomic mass is 16.8. The summed E-state index contributed by atoms with van der Waals surface area (Å²) in [6.45, 7) is 5.68. The van der Waals surface area contributed by atoms with Crippen molar-refractivity contribution in [2.24, 2.45) is 0 Å². The van der Waals surface area contributed by atoms with Crippen molar-refractivity contribution in [3.63, 3.8) is 0 Å². The van der Waals surface area contributed by atoms with E-state index in [-0.39, 0.29) is 24.2 Å². The Morgan fingerprint density at radius 3 is 2.77 bits per heavy atom. The fourth-order valence-corrected chi connectivity index (χ4v) is 2.49. The number of nitrogens with one attached hydrogen (secondary N) is 1. The van der Waals surface area contributed by atoms with Crippen molar-refractivity contribution in [3.05, 3.63) is 28.2 Å². The van der Waals surface area contributed by atoms with E-state index in [0.29, 0.717) is 13.2 Å². The number of carbonyl (C=O) groups is 2. The minimum absolute atomic E-state index is 0.0195. The number of methoxy groups -OCH3 is 1. The van der Waals surface area contributed by atoms with Gasteiger partial charge in [-0.1, -0.05) is 0 Å². The number of carbonyl (C=O) groups excluding carboxylic acids is 2. The van der Waals surface area contributed by atoms with Gasteiger partial charge in [0.15, 0.2) is 5.69 Å². The maximum Gasteiger partial charge on any atom is 0.511 e. The summed E-state index contributed by atoms with van der Waals surface area (Å²) in [4.78, 5) is 38.0. The van der Waals surface area contributed by atoms with Crippen LogP contribution in [0.15, 0.2) is 17.1 Å². The monoisotopic (exact) mass is 369 g/mol. The van der Waals surface area contributed by atoms with Crippen LogP contribution in [0.4, 0.5) is 4.79 Å². The zero-order valence-corrected chi connectivity index (χ0v) is 15.2. The van der Waals surface area contributed by atoms with Gasteiger partial charge in [0.05, 0.1) is 13.2 Å². The molecule has 0 spiro atoms. The van der Waals surface area contributed by atoms with E-state index in [0.717, 1.165) is 0 Å². The van der Waals surface area contributed by atoms with Crippen molar-refractivity contribution in [2.75, 3.05) is 32.3 Å². The van der Waals surface area contributed by atoms with E-state index in [1.165, 1.54) is 35.9 Å². The second kappa shape index (κ2) is 8.56. The summed E-state index contributed by atoms with van der Waals surface area (Å²) >= 11 is 0. The van der Waals surface area contributed by atoms with Gasteiger partial charge in [-0.3, -0.25) is 14.3 Å². The highest BCUT2D eigenvalue weighted by molar-refractivity contribution is 5.96. The Morgan fingerprint density at radius 2 is 2.12 bits per heavy atom. The molecule has 0 aliphatic carbocycles. The van der Waals surface area contributed by atoms with E-state index in [1.54, 1.807) is 6.92 Å². The Kier molecular flexibility index (Phi) is 6.45. The van der Waals surface area contributed by atoms with Gasteiger partial charge in [-0.2, -0.15) is 0 Å². The van der Waals surface area contributed by atoms with Crippen molar-refractivity contribution < 1.29 is 28.5 Å². The number of nitrogens with zero attached hydrogens (tertiary/aromatic N) is 2. The zero-order valence-electron chi connectivity index (χ0n) is 15.2. The molecule has 2 heterocycles. The lowest BCUT2D eigenvalue weighted by Crippen LogP contribution is -2.53. The number of rotatable bonds is 7. The molecule has 0 saturated heterocycles. The molecule has 0 fully saturated rings. The van der Waals surface area contributed by atoms with E-state index in [2.05, 4.69) is 10.2 Å². The number of fused-ring (bicyclic) bond motifs is 1. The van der Waals surface area contributed by atoms with Crippen molar-refractivity contribution >= 4 is 12.1 Å². The topological polar surface area (TPSA) is 108 Å². The van der Waals surface area contributed by atoms with Crippen molar-refractivity contribution in [1.29, 1.82) is 0 Å². The third-order valence-electron chi connectivity index (χ3n) is 3.66. The Labute approximate surface area is 150 Å². The Hall–Kier alpha value is -2.75. The van der Waals surface area contributed by atoms with Crippen LogP contribution in [0, 0.1) is 0 Å². The molecule has 1 aromatic heterocycles. The highest BCUT2D eigenvalue weighted by Crippen LogP contribution is 2.21. The molecular weight excluding hydrogens is 346 g/mol. The van der Waals surface area contributed by atoms with E-state index in [4.69, 9.17) is 14.2 Å². The van der Waals surface area contributed by atoms with Crippen LogP contribution in [0.5, 0.6) is 5.75 Å². The molecule has 1 N–H and O–H groups in total.